The molecule has 2 aromatic rings. The summed E-state index contributed by atoms with van der Waals surface area (Å²) in [6, 6.07) is 11.3. The molecular formula is C26H38N4O. The largest absolute Gasteiger partial charge is 0.377 e. The average molecular weight is 423 g/mol. The average Bonchev–Trinajstić information content (AvgIpc) is 3.58. The Bertz CT molecular complexity index is 787. The third-order valence-corrected chi connectivity index (χ3v) is 7.56. The molecule has 31 heavy (non-hydrogen) atoms. The molecule has 3 fully saturated rings. The van der Waals surface area contributed by atoms with Gasteiger partial charge in [0.05, 0.1) is 18.0 Å². The maximum absolute atomic E-state index is 6.00. The van der Waals surface area contributed by atoms with Gasteiger partial charge in [-0.15, -0.1) is 0 Å². The van der Waals surface area contributed by atoms with Crippen molar-refractivity contribution in [1.29, 1.82) is 0 Å². The molecule has 1 unspecified atom stereocenters. The summed E-state index contributed by atoms with van der Waals surface area (Å²) in [7, 11) is 0. The van der Waals surface area contributed by atoms with Crippen LogP contribution in [0.1, 0.15) is 56.9 Å². The lowest BCUT2D eigenvalue weighted by molar-refractivity contribution is 0.0540. The first-order chi connectivity index (χ1) is 15.3. The van der Waals surface area contributed by atoms with Gasteiger partial charge in [-0.25, -0.2) is 4.68 Å². The zero-order chi connectivity index (χ0) is 20.9. The smallest absolute Gasteiger partial charge is 0.0702 e. The number of likely N-dealkylation sites (tertiary alicyclic amines) is 1. The number of piperidine rings is 1. The summed E-state index contributed by atoms with van der Waals surface area (Å²) >= 11 is 0. The number of nitrogens with zero attached hydrogens (tertiary/aromatic N) is 4. The van der Waals surface area contributed by atoms with E-state index >= 15 is 0 Å². The molecule has 3 aliphatic rings. The van der Waals surface area contributed by atoms with E-state index in [1.807, 2.05) is 10.9 Å². The molecule has 3 heterocycles. The molecular weight excluding hydrogens is 384 g/mol. The van der Waals surface area contributed by atoms with Crippen LogP contribution in [0.3, 0.4) is 0 Å². The van der Waals surface area contributed by atoms with Crippen LogP contribution in [0.5, 0.6) is 0 Å². The topological polar surface area (TPSA) is 33.5 Å². The van der Waals surface area contributed by atoms with Crippen molar-refractivity contribution in [3.05, 3.63) is 48.3 Å². The minimum Gasteiger partial charge on any atom is -0.377 e. The van der Waals surface area contributed by atoms with Gasteiger partial charge < -0.3 is 9.64 Å². The first-order valence-electron chi connectivity index (χ1n) is 12.5. The van der Waals surface area contributed by atoms with Gasteiger partial charge in [0.15, 0.2) is 0 Å². The Labute approximate surface area is 187 Å². The number of benzene rings is 1. The van der Waals surface area contributed by atoms with Gasteiger partial charge >= 0.3 is 0 Å². The Balaban J connectivity index is 1.19. The molecule has 0 bridgehead atoms. The zero-order valence-electron chi connectivity index (χ0n) is 18.9. The van der Waals surface area contributed by atoms with Gasteiger partial charge in [0, 0.05) is 44.0 Å². The molecule has 1 aromatic heterocycles. The zero-order valence-corrected chi connectivity index (χ0v) is 18.9. The first kappa shape index (κ1) is 21.2. The van der Waals surface area contributed by atoms with Crippen LogP contribution in [-0.2, 0) is 11.3 Å². The Hall–Kier alpha value is -1.69. The van der Waals surface area contributed by atoms with Crippen molar-refractivity contribution in [3.8, 4) is 5.69 Å². The summed E-state index contributed by atoms with van der Waals surface area (Å²) in [5.74, 6) is 0.809. The summed E-state index contributed by atoms with van der Waals surface area (Å²) < 4.78 is 8.00. The number of aromatic nitrogens is 2. The van der Waals surface area contributed by atoms with E-state index in [-0.39, 0.29) is 0 Å². The molecule has 0 spiro atoms. The predicted molar refractivity (Wildman–Crippen MR) is 124 cm³/mol. The lowest BCUT2D eigenvalue weighted by Gasteiger charge is -2.38. The summed E-state index contributed by atoms with van der Waals surface area (Å²) in [4.78, 5) is 5.44. The number of para-hydroxylation sites is 1. The highest BCUT2D eigenvalue weighted by Gasteiger charge is 2.29. The van der Waals surface area contributed by atoms with Gasteiger partial charge in [0.1, 0.15) is 0 Å². The van der Waals surface area contributed by atoms with Crippen molar-refractivity contribution < 1.29 is 4.74 Å². The number of rotatable bonds is 8. The molecule has 0 radical (unpaired) electrons. The SMILES string of the molecule is c1ccc(-n2cc(CN(CC3CCN(C4CCCC4)CC3)CC3CCCO3)cn2)cc1. The fourth-order valence-electron chi connectivity index (χ4n) is 5.84. The summed E-state index contributed by atoms with van der Waals surface area (Å²) in [6.45, 7) is 6.75. The monoisotopic (exact) mass is 422 g/mol. The van der Waals surface area contributed by atoms with Crippen LogP contribution in [0, 0.1) is 5.92 Å². The van der Waals surface area contributed by atoms with Crippen LogP contribution in [0.25, 0.3) is 5.69 Å². The minimum atomic E-state index is 0.405. The van der Waals surface area contributed by atoms with E-state index in [1.165, 1.54) is 76.6 Å². The highest BCUT2D eigenvalue weighted by Crippen LogP contribution is 2.28. The lowest BCUT2D eigenvalue weighted by Crippen LogP contribution is -2.43. The van der Waals surface area contributed by atoms with Crippen LogP contribution < -0.4 is 0 Å². The van der Waals surface area contributed by atoms with Gasteiger partial charge in [0.2, 0.25) is 0 Å². The fraction of sp³-hybridized carbons (Fsp3) is 0.654. The van der Waals surface area contributed by atoms with E-state index in [0.29, 0.717) is 6.10 Å². The van der Waals surface area contributed by atoms with Crippen LogP contribution in [0.15, 0.2) is 42.7 Å². The summed E-state index contributed by atoms with van der Waals surface area (Å²) in [5, 5.41) is 4.62. The van der Waals surface area contributed by atoms with Crippen molar-refractivity contribution in [1.82, 2.24) is 19.6 Å². The van der Waals surface area contributed by atoms with Crippen molar-refractivity contribution >= 4 is 0 Å². The predicted octanol–water partition coefficient (Wildman–Crippen LogP) is 4.51. The van der Waals surface area contributed by atoms with E-state index in [4.69, 9.17) is 4.74 Å². The number of ether oxygens (including phenoxy) is 1. The van der Waals surface area contributed by atoms with E-state index < -0.39 is 0 Å². The maximum Gasteiger partial charge on any atom is 0.0702 e. The lowest BCUT2D eigenvalue weighted by atomic mass is 9.94. The Morgan fingerprint density at radius 2 is 1.74 bits per heavy atom. The molecule has 168 valence electrons. The summed E-state index contributed by atoms with van der Waals surface area (Å²) in [6.07, 6.45) is 15.5. The molecule has 1 atom stereocenters. The van der Waals surface area contributed by atoms with Crippen molar-refractivity contribution in [2.24, 2.45) is 5.92 Å². The van der Waals surface area contributed by atoms with Crippen molar-refractivity contribution in [2.45, 2.75) is 70.1 Å². The van der Waals surface area contributed by atoms with Gasteiger partial charge in [0.25, 0.3) is 0 Å². The molecule has 2 aliphatic heterocycles. The fourth-order valence-corrected chi connectivity index (χ4v) is 5.84. The molecule has 0 amide bonds. The minimum absolute atomic E-state index is 0.405. The van der Waals surface area contributed by atoms with E-state index in [1.54, 1.807) is 0 Å². The first-order valence-corrected chi connectivity index (χ1v) is 12.5. The van der Waals surface area contributed by atoms with E-state index in [9.17, 15) is 0 Å². The molecule has 1 aromatic carbocycles. The molecule has 1 aliphatic carbocycles. The highest BCUT2D eigenvalue weighted by atomic mass is 16.5. The van der Waals surface area contributed by atoms with Gasteiger partial charge in [-0.1, -0.05) is 31.0 Å². The second kappa shape index (κ2) is 10.3. The van der Waals surface area contributed by atoms with Gasteiger partial charge in [-0.05, 0) is 69.7 Å². The summed E-state index contributed by atoms with van der Waals surface area (Å²) in [5.41, 5.74) is 2.42. The standard InChI is InChI=1S/C26H38N4O/c1-2-9-25(10-3-1)30-20-23(17-27-30)19-28(21-26-11-6-16-31-26)18-22-12-14-29(15-13-22)24-7-4-5-8-24/h1-3,9-10,17,20,22,24,26H,4-8,11-16,18-19,21H2. The van der Waals surface area contributed by atoms with Crippen LogP contribution in [0.4, 0.5) is 0 Å². The molecule has 2 saturated heterocycles. The Morgan fingerprint density at radius 1 is 0.935 bits per heavy atom. The van der Waals surface area contributed by atoms with Crippen LogP contribution in [-0.4, -0.2) is 64.5 Å². The number of hydrogen-bond acceptors (Lipinski definition) is 4. The van der Waals surface area contributed by atoms with Crippen LogP contribution >= 0.6 is 0 Å². The third-order valence-electron chi connectivity index (χ3n) is 7.56. The van der Waals surface area contributed by atoms with Gasteiger partial charge in [-0.3, -0.25) is 4.90 Å². The van der Waals surface area contributed by atoms with E-state index in [0.717, 1.165) is 37.3 Å². The molecule has 0 N–H and O–H groups in total. The molecule has 5 nitrogen and oxygen atoms in total. The van der Waals surface area contributed by atoms with Gasteiger partial charge in [-0.2, -0.15) is 5.10 Å². The maximum atomic E-state index is 6.00. The third kappa shape index (κ3) is 5.57. The van der Waals surface area contributed by atoms with Crippen molar-refractivity contribution in [2.75, 3.05) is 32.8 Å². The normalized spacial score (nSPS) is 23.8. The van der Waals surface area contributed by atoms with E-state index in [2.05, 4.69) is 51.4 Å². The second-order valence-corrected chi connectivity index (χ2v) is 9.88. The number of hydrogen-bond donors (Lipinski definition) is 0. The van der Waals surface area contributed by atoms with Crippen molar-refractivity contribution in [3.63, 3.8) is 0 Å². The van der Waals surface area contributed by atoms with Crippen LogP contribution in [0.2, 0.25) is 0 Å². The Kier molecular flexibility index (Phi) is 7.02. The Morgan fingerprint density at radius 3 is 2.48 bits per heavy atom. The quantitative estimate of drug-likeness (QED) is 0.627. The molecule has 1 saturated carbocycles. The molecule has 5 heteroatoms. The second-order valence-electron chi connectivity index (χ2n) is 9.88. The highest BCUT2D eigenvalue weighted by molar-refractivity contribution is 5.30. The molecule has 5 rings (SSSR count).